The van der Waals surface area contributed by atoms with Crippen molar-refractivity contribution in [1.82, 2.24) is 10.2 Å². The van der Waals surface area contributed by atoms with Gasteiger partial charge < -0.3 is 19.7 Å². The molecule has 1 aliphatic heterocycles. The number of nitrogens with zero attached hydrogens (tertiary/aromatic N) is 1. The number of halogens is 1. The number of benzene rings is 1. The lowest BCUT2D eigenvalue weighted by molar-refractivity contribution is 0.0194. The molecule has 1 unspecified atom stereocenters. The molecule has 0 saturated carbocycles. The van der Waals surface area contributed by atoms with Gasteiger partial charge in [-0.1, -0.05) is 6.07 Å². The van der Waals surface area contributed by atoms with E-state index in [9.17, 15) is 9.18 Å². The second kappa shape index (κ2) is 6.52. The highest BCUT2D eigenvalue weighted by molar-refractivity contribution is 5.68. The van der Waals surface area contributed by atoms with E-state index >= 15 is 0 Å². The molecule has 1 N–H and O–H groups in total. The Bertz CT molecular complexity index is 543. The van der Waals surface area contributed by atoms with Gasteiger partial charge in [0.05, 0.1) is 13.2 Å². The van der Waals surface area contributed by atoms with E-state index in [0.717, 1.165) is 5.56 Å². The van der Waals surface area contributed by atoms with E-state index in [1.54, 1.807) is 11.0 Å². The van der Waals surface area contributed by atoms with Crippen molar-refractivity contribution >= 4 is 6.09 Å². The molecule has 1 fully saturated rings. The third-order valence-electron chi connectivity index (χ3n) is 3.40. The van der Waals surface area contributed by atoms with Crippen LogP contribution in [0, 0.1) is 5.82 Å². The minimum Gasteiger partial charge on any atom is -0.496 e. The second-order valence-corrected chi connectivity index (χ2v) is 6.32. The summed E-state index contributed by atoms with van der Waals surface area (Å²) in [4.78, 5) is 13.8. The number of hydrogen-bond acceptors (Lipinski definition) is 4. The van der Waals surface area contributed by atoms with Gasteiger partial charge in [0.15, 0.2) is 0 Å². The summed E-state index contributed by atoms with van der Waals surface area (Å²) in [5.41, 5.74) is 0.308. The van der Waals surface area contributed by atoms with Crippen molar-refractivity contribution in [1.29, 1.82) is 0 Å². The molecule has 122 valence electrons. The van der Waals surface area contributed by atoms with Gasteiger partial charge in [0.1, 0.15) is 17.2 Å². The van der Waals surface area contributed by atoms with Crippen LogP contribution in [0.3, 0.4) is 0 Å². The Balaban J connectivity index is 2.12. The predicted molar refractivity (Wildman–Crippen MR) is 81.5 cm³/mol. The normalized spacial score (nSPS) is 19.0. The molecule has 0 bridgehead atoms. The number of carbonyl (C=O) groups excluding carboxylic acids is 1. The summed E-state index contributed by atoms with van der Waals surface area (Å²) in [5.74, 6) is 0.129. The first kappa shape index (κ1) is 16.5. The van der Waals surface area contributed by atoms with Crippen molar-refractivity contribution in [2.45, 2.75) is 32.4 Å². The molecular weight excluding hydrogens is 287 g/mol. The summed E-state index contributed by atoms with van der Waals surface area (Å²) in [6, 6.07) is 4.32. The SMILES string of the molecule is COc1cc(F)ccc1C1CN(C(=O)OC(C)(C)C)CCN1. The Morgan fingerprint density at radius 2 is 2.14 bits per heavy atom. The van der Waals surface area contributed by atoms with Crippen LogP contribution in [0.2, 0.25) is 0 Å². The first-order valence-electron chi connectivity index (χ1n) is 7.35. The fraction of sp³-hybridized carbons (Fsp3) is 0.562. The fourth-order valence-corrected chi connectivity index (χ4v) is 2.42. The zero-order valence-corrected chi connectivity index (χ0v) is 13.5. The zero-order chi connectivity index (χ0) is 16.3. The van der Waals surface area contributed by atoms with Crippen LogP contribution in [0.25, 0.3) is 0 Å². The Labute approximate surface area is 130 Å². The predicted octanol–water partition coefficient (Wildman–Crippen LogP) is 2.72. The summed E-state index contributed by atoms with van der Waals surface area (Å²) in [6.07, 6.45) is -0.333. The van der Waals surface area contributed by atoms with Crippen LogP contribution in [0.4, 0.5) is 9.18 Å². The highest BCUT2D eigenvalue weighted by Crippen LogP contribution is 2.28. The zero-order valence-electron chi connectivity index (χ0n) is 13.5. The van der Waals surface area contributed by atoms with Gasteiger partial charge >= 0.3 is 6.09 Å². The summed E-state index contributed by atoms with van der Waals surface area (Å²) in [7, 11) is 1.51. The Morgan fingerprint density at radius 3 is 2.77 bits per heavy atom. The van der Waals surface area contributed by atoms with E-state index in [0.29, 0.717) is 25.4 Å². The van der Waals surface area contributed by atoms with Gasteiger partial charge in [-0.25, -0.2) is 9.18 Å². The lowest BCUT2D eigenvalue weighted by atomic mass is 10.0. The van der Waals surface area contributed by atoms with E-state index in [1.807, 2.05) is 20.8 Å². The number of carbonyl (C=O) groups is 1. The summed E-state index contributed by atoms with van der Waals surface area (Å²) in [6.45, 7) is 7.20. The van der Waals surface area contributed by atoms with Gasteiger partial charge in [0, 0.05) is 31.3 Å². The Morgan fingerprint density at radius 1 is 1.41 bits per heavy atom. The third kappa shape index (κ3) is 4.10. The van der Waals surface area contributed by atoms with Crippen LogP contribution < -0.4 is 10.1 Å². The monoisotopic (exact) mass is 310 g/mol. The van der Waals surface area contributed by atoms with Crippen LogP contribution in [0.1, 0.15) is 32.4 Å². The average Bonchev–Trinajstić information content (AvgIpc) is 2.45. The Kier molecular flexibility index (Phi) is 4.90. The maximum atomic E-state index is 13.3. The lowest BCUT2D eigenvalue weighted by Gasteiger charge is -2.35. The maximum Gasteiger partial charge on any atom is 0.410 e. The standard InChI is InChI=1S/C16H23FN2O3/c1-16(2,3)22-15(20)19-8-7-18-13(10-19)12-6-5-11(17)9-14(12)21-4/h5-6,9,13,18H,7-8,10H2,1-4H3. The average molecular weight is 310 g/mol. The molecule has 5 nitrogen and oxygen atoms in total. The van der Waals surface area contributed by atoms with Crippen LogP contribution in [-0.2, 0) is 4.74 Å². The van der Waals surface area contributed by atoms with E-state index in [1.165, 1.54) is 19.2 Å². The van der Waals surface area contributed by atoms with E-state index in [2.05, 4.69) is 5.32 Å². The molecule has 2 rings (SSSR count). The molecule has 0 spiro atoms. The number of amides is 1. The van der Waals surface area contributed by atoms with Gasteiger partial charge in [-0.3, -0.25) is 0 Å². The lowest BCUT2D eigenvalue weighted by Crippen LogP contribution is -2.49. The third-order valence-corrected chi connectivity index (χ3v) is 3.40. The molecule has 1 aromatic carbocycles. The molecule has 1 aromatic rings. The van der Waals surface area contributed by atoms with Crippen LogP contribution in [0.5, 0.6) is 5.75 Å². The first-order chi connectivity index (χ1) is 10.3. The number of nitrogens with one attached hydrogen (secondary N) is 1. The molecule has 1 amide bonds. The van der Waals surface area contributed by atoms with Gasteiger partial charge in [0.2, 0.25) is 0 Å². The quantitative estimate of drug-likeness (QED) is 0.912. The molecule has 1 atom stereocenters. The number of methoxy groups -OCH3 is 1. The van der Waals surface area contributed by atoms with Crippen LogP contribution >= 0.6 is 0 Å². The second-order valence-electron chi connectivity index (χ2n) is 6.32. The number of rotatable bonds is 2. The molecule has 1 saturated heterocycles. The van der Waals surface area contributed by atoms with Gasteiger partial charge in [0.25, 0.3) is 0 Å². The highest BCUT2D eigenvalue weighted by Gasteiger charge is 2.29. The molecule has 1 aliphatic rings. The van der Waals surface area contributed by atoms with Crippen LogP contribution in [-0.4, -0.2) is 43.3 Å². The molecule has 0 aromatic heterocycles. The molecule has 1 heterocycles. The summed E-state index contributed by atoms with van der Waals surface area (Å²) >= 11 is 0. The molecule has 0 radical (unpaired) electrons. The van der Waals surface area contributed by atoms with E-state index in [4.69, 9.17) is 9.47 Å². The van der Waals surface area contributed by atoms with Gasteiger partial charge in [-0.15, -0.1) is 0 Å². The molecule has 22 heavy (non-hydrogen) atoms. The summed E-state index contributed by atoms with van der Waals surface area (Å²) in [5, 5.41) is 3.33. The highest BCUT2D eigenvalue weighted by atomic mass is 19.1. The topological polar surface area (TPSA) is 50.8 Å². The maximum absolute atomic E-state index is 13.3. The van der Waals surface area contributed by atoms with Crippen molar-refractivity contribution in [3.8, 4) is 5.75 Å². The number of piperazine rings is 1. The molecule has 6 heteroatoms. The van der Waals surface area contributed by atoms with Crippen molar-refractivity contribution in [2.75, 3.05) is 26.7 Å². The summed E-state index contributed by atoms with van der Waals surface area (Å²) < 4.78 is 24.0. The number of hydrogen-bond donors (Lipinski definition) is 1. The Hall–Kier alpha value is -1.82. The molecule has 0 aliphatic carbocycles. The van der Waals surface area contributed by atoms with E-state index < -0.39 is 5.60 Å². The van der Waals surface area contributed by atoms with E-state index in [-0.39, 0.29) is 18.0 Å². The minimum absolute atomic E-state index is 0.114. The molecular formula is C16H23FN2O3. The van der Waals surface area contributed by atoms with Crippen molar-refractivity contribution in [3.05, 3.63) is 29.6 Å². The van der Waals surface area contributed by atoms with Crippen molar-refractivity contribution in [2.24, 2.45) is 0 Å². The minimum atomic E-state index is -0.523. The smallest absolute Gasteiger partial charge is 0.410 e. The first-order valence-corrected chi connectivity index (χ1v) is 7.35. The largest absolute Gasteiger partial charge is 0.496 e. The van der Waals surface area contributed by atoms with Gasteiger partial charge in [-0.2, -0.15) is 0 Å². The van der Waals surface area contributed by atoms with Crippen molar-refractivity contribution in [3.63, 3.8) is 0 Å². The number of ether oxygens (including phenoxy) is 2. The van der Waals surface area contributed by atoms with Gasteiger partial charge in [-0.05, 0) is 26.8 Å². The fourth-order valence-electron chi connectivity index (χ4n) is 2.42. The van der Waals surface area contributed by atoms with Crippen LogP contribution in [0.15, 0.2) is 18.2 Å². The van der Waals surface area contributed by atoms with Crippen molar-refractivity contribution < 1.29 is 18.7 Å².